The first-order chi connectivity index (χ1) is 8.58. The number of hydrogen-bond donors (Lipinski definition) is 1. The molecule has 0 aliphatic rings. The Hall–Kier alpha value is -1.11. The summed E-state index contributed by atoms with van der Waals surface area (Å²) in [6, 6.07) is 6.82. The minimum absolute atomic E-state index is 0.310. The van der Waals surface area contributed by atoms with Gasteiger partial charge in [-0.25, -0.2) is 4.68 Å². The average molecular weight is 332 g/mol. The summed E-state index contributed by atoms with van der Waals surface area (Å²) >= 11 is 9.10. The molecule has 5 nitrogen and oxygen atoms in total. The predicted octanol–water partition coefficient (Wildman–Crippen LogP) is 2.31. The number of benzene rings is 1. The Morgan fingerprint density at radius 2 is 2.11 bits per heavy atom. The molecule has 2 aromatic rings. The van der Waals surface area contributed by atoms with Crippen LogP contribution in [0.4, 0.5) is 0 Å². The molecule has 2 rings (SSSR count). The first-order valence-electron chi connectivity index (χ1n) is 5.27. The van der Waals surface area contributed by atoms with E-state index in [4.69, 9.17) is 22.1 Å². The van der Waals surface area contributed by atoms with Crippen LogP contribution in [-0.2, 0) is 7.05 Å². The minimum Gasteiger partial charge on any atom is -0.492 e. The normalized spacial score (nSPS) is 12.4. The summed E-state index contributed by atoms with van der Waals surface area (Å²) in [7, 11) is 1.79. The van der Waals surface area contributed by atoms with E-state index in [-0.39, 0.29) is 6.04 Å². The molecule has 0 bridgehead atoms. The van der Waals surface area contributed by atoms with Crippen LogP contribution in [0.5, 0.6) is 5.75 Å². The second-order valence-electron chi connectivity index (χ2n) is 3.76. The van der Waals surface area contributed by atoms with Gasteiger partial charge >= 0.3 is 0 Å². The van der Waals surface area contributed by atoms with Crippen molar-refractivity contribution in [2.75, 3.05) is 6.61 Å². The van der Waals surface area contributed by atoms with Crippen LogP contribution in [0, 0.1) is 0 Å². The van der Waals surface area contributed by atoms with E-state index in [1.165, 1.54) is 0 Å². The zero-order chi connectivity index (χ0) is 13.1. The van der Waals surface area contributed by atoms with Crippen molar-refractivity contribution in [2.24, 2.45) is 12.8 Å². The highest BCUT2D eigenvalue weighted by molar-refractivity contribution is 9.10. The largest absolute Gasteiger partial charge is 0.492 e. The van der Waals surface area contributed by atoms with Gasteiger partial charge in [0.2, 0.25) is 0 Å². The van der Waals surface area contributed by atoms with Crippen LogP contribution in [-0.4, -0.2) is 21.6 Å². The van der Waals surface area contributed by atoms with Crippen molar-refractivity contribution in [1.29, 1.82) is 0 Å². The van der Waals surface area contributed by atoms with Gasteiger partial charge in [-0.15, -0.1) is 5.10 Å². The molecule has 0 fully saturated rings. The number of ether oxygens (including phenoxy) is 1. The van der Waals surface area contributed by atoms with Crippen LogP contribution in [0.2, 0.25) is 5.02 Å². The van der Waals surface area contributed by atoms with Crippen molar-refractivity contribution >= 4 is 27.5 Å². The van der Waals surface area contributed by atoms with Gasteiger partial charge in [0, 0.05) is 12.1 Å². The summed E-state index contributed by atoms with van der Waals surface area (Å²) < 4.78 is 7.84. The fraction of sp³-hybridized carbons (Fsp3) is 0.273. The van der Waals surface area contributed by atoms with Crippen molar-refractivity contribution in [3.8, 4) is 5.75 Å². The minimum atomic E-state index is -0.310. The molecule has 1 aromatic heterocycles. The second-order valence-corrected chi connectivity index (χ2v) is 4.95. The Morgan fingerprint density at radius 1 is 1.44 bits per heavy atom. The number of halogens is 2. The molecule has 1 atom stereocenters. The van der Waals surface area contributed by atoms with Crippen molar-refractivity contribution in [3.05, 3.63) is 39.6 Å². The predicted molar refractivity (Wildman–Crippen MR) is 72.6 cm³/mol. The van der Waals surface area contributed by atoms with Gasteiger partial charge < -0.3 is 10.5 Å². The number of nitrogens with two attached hydrogens (primary N) is 1. The average Bonchev–Trinajstić information content (AvgIpc) is 2.68. The number of hydrogen-bond acceptors (Lipinski definition) is 4. The number of rotatable bonds is 4. The van der Waals surface area contributed by atoms with E-state index in [2.05, 4.69) is 26.2 Å². The fourth-order valence-corrected chi connectivity index (χ4v) is 2.28. The lowest BCUT2D eigenvalue weighted by Crippen LogP contribution is -2.22. The van der Waals surface area contributed by atoms with Crippen LogP contribution >= 0.6 is 27.5 Å². The van der Waals surface area contributed by atoms with E-state index in [0.29, 0.717) is 16.2 Å². The van der Waals surface area contributed by atoms with Crippen LogP contribution in [0.25, 0.3) is 0 Å². The maximum atomic E-state index is 6.04. The highest BCUT2D eigenvalue weighted by Crippen LogP contribution is 2.21. The van der Waals surface area contributed by atoms with Gasteiger partial charge in [0.25, 0.3) is 0 Å². The maximum absolute atomic E-state index is 6.04. The molecular weight excluding hydrogens is 320 g/mol. The van der Waals surface area contributed by atoms with E-state index in [1.54, 1.807) is 36.0 Å². The van der Waals surface area contributed by atoms with Gasteiger partial charge in [-0.05, 0) is 40.2 Å². The third kappa shape index (κ3) is 3.01. The molecule has 1 heterocycles. The number of nitrogens with zero attached hydrogens (tertiary/aromatic N) is 3. The Morgan fingerprint density at radius 3 is 2.67 bits per heavy atom. The third-order valence-corrected chi connectivity index (χ3v) is 3.24. The quantitative estimate of drug-likeness (QED) is 0.933. The van der Waals surface area contributed by atoms with Crippen molar-refractivity contribution in [3.63, 3.8) is 0 Å². The van der Waals surface area contributed by atoms with E-state index in [9.17, 15) is 0 Å². The van der Waals surface area contributed by atoms with Crippen molar-refractivity contribution < 1.29 is 4.74 Å². The number of aryl methyl sites for hydroxylation is 1. The Kier molecular flexibility index (Phi) is 4.21. The molecule has 0 aliphatic heterocycles. The molecule has 2 N–H and O–H groups in total. The van der Waals surface area contributed by atoms with Crippen LogP contribution < -0.4 is 10.5 Å². The van der Waals surface area contributed by atoms with Gasteiger partial charge in [-0.1, -0.05) is 16.8 Å². The summed E-state index contributed by atoms with van der Waals surface area (Å²) in [5, 5.41) is 8.42. The number of aromatic nitrogens is 3. The zero-order valence-electron chi connectivity index (χ0n) is 9.68. The fourth-order valence-electron chi connectivity index (χ4n) is 1.53. The molecule has 0 amide bonds. The molecule has 0 saturated heterocycles. The topological polar surface area (TPSA) is 66.0 Å². The summed E-state index contributed by atoms with van der Waals surface area (Å²) in [5.74, 6) is 0.723. The second kappa shape index (κ2) is 5.69. The molecule has 18 heavy (non-hydrogen) atoms. The van der Waals surface area contributed by atoms with Gasteiger partial charge in [0.1, 0.15) is 12.4 Å². The highest BCUT2D eigenvalue weighted by atomic mass is 79.9. The van der Waals surface area contributed by atoms with E-state index in [0.717, 1.165) is 11.4 Å². The SMILES string of the molecule is Cn1nnc(Br)c1C(N)COc1ccc(Cl)cc1. The molecule has 0 saturated carbocycles. The zero-order valence-corrected chi connectivity index (χ0v) is 12.0. The summed E-state index contributed by atoms with van der Waals surface area (Å²) in [6.45, 7) is 0.335. The van der Waals surface area contributed by atoms with Crippen molar-refractivity contribution in [2.45, 2.75) is 6.04 Å². The summed E-state index contributed by atoms with van der Waals surface area (Å²) in [6.07, 6.45) is 0. The lowest BCUT2D eigenvalue weighted by Gasteiger charge is -2.13. The molecule has 0 aliphatic carbocycles. The highest BCUT2D eigenvalue weighted by Gasteiger charge is 2.16. The van der Waals surface area contributed by atoms with Gasteiger partial charge in [-0.2, -0.15) is 0 Å². The van der Waals surface area contributed by atoms with Crippen LogP contribution in [0.15, 0.2) is 28.9 Å². The Labute approximate surface area is 118 Å². The van der Waals surface area contributed by atoms with Crippen LogP contribution in [0.3, 0.4) is 0 Å². The molecule has 96 valence electrons. The van der Waals surface area contributed by atoms with E-state index in [1.807, 2.05) is 0 Å². The van der Waals surface area contributed by atoms with Gasteiger partial charge in [0.05, 0.1) is 11.7 Å². The molecule has 1 unspecified atom stereocenters. The standard InChI is InChI=1S/C11H12BrClN4O/c1-17-10(11(12)15-16-17)9(14)6-18-8-4-2-7(13)3-5-8/h2-5,9H,6,14H2,1H3. The monoisotopic (exact) mass is 330 g/mol. The molecule has 1 aromatic carbocycles. The summed E-state index contributed by atoms with van der Waals surface area (Å²) in [5.41, 5.74) is 6.83. The lowest BCUT2D eigenvalue weighted by atomic mass is 10.2. The van der Waals surface area contributed by atoms with Gasteiger partial charge in [0.15, 0.2) is 4.60 Å². The summed E-state index contributed by atoms with van der Waals surface area (Å²) in [4.78, 5) is 0. The Bertz CT molecular complexity index is 509. The Balaban J connectivity index is 2.00. The molecule has 7 heteroatoms. The van der Waals surface area contributed by atoms with Crippen molar-refractivity contribution in [1.82, 2.24) is 15.0 Å². The van der Waals surface area contributed by atoms with E-state index < -0.39 is 0 Å². The molecular formula is C11H12BrClN4O. The third-order valence-electron chi connectivity index (χ3n) is 2.42. The first-order valence-corrected chi connectivity index (χ1v) is 6.44. The van der Waals surface area contributed by atoms with E-state index >= 15 is 0 Å². The van der Waals surface area contributed by atoms with Gasteiger partial charge in [-0.3, -0.25) is 0 Å². The first kappa shape index (κ1) is 13.3. The maximum Gasteiger partial charge on any atom is 0.153 e. The smallest absolute Gasteiger partial charge is 0.153 e. The molecule has 0 radical (unpaired) electrons. The molecule has 0 spiro atoms. The van der Waals surface area contributed by atoms with Crippen LogP contribution in [0.1, 0.15) is 11.7 Å². The lowest BCUT2D eigenvalue weighted by molar-refractivity contribution is 0.285.